The molecule has 0 saturated carbocycles. The third-order valence-corrected chi connectivity index (χ3v) is 16.7. The Hall–Kier alpha value is -7.20. The van der Waals surface area contributed by atoms with E-state index in [-0.39, 0.29) is 61.5 Å². The summed E-state index contributed by atoms with van der Waals surface area (Å²) in [7, 11) is 0. The average molecular weight is 1260 g/mol. The van der Waals surface area contributed by atoms with Gasteiger partial charge in [0.1, 0.15) is 5.82 Å². The second-order valence-electron chi connectivity index (χ2n) is 26.5. The van der Waals surface area contributed by atoms with E-state index in [0.717, 1.165) is 61.5 Å². The fraction of sp³-hybridized carbons (Fsp3) is 0.276. The van der Waals surface area contributed by atoms with Crippen LogP contribution in [0.1, 0.15) is 154 Å². The molecule has 0 atom stereocenters. The summed E-state index contributed by atoms with van der Waals surface area (Å²) in [6.07, 6.45) is 1.92. The van der Waals surface area contributed by atoms with E-state index in [0.29, 0.717) is 11.5 Å². The number of nitrogens with zero attached hydrogens (tertiary/aromatic N) is 4. The second kappa shape index (κ2) is 22.2. The first-order valence-electron chi connectivity index (χ1n) is 28.5. The Morgan fingerprint density at radius 1 is 0.488 bits per heavy atom. The van der Waals surface area contributed by atoms with Gasteiger partial charge in [0, 0.05) is 51.1 Å². The van der Waals surface area contributed by atoms with E-state index in [4.69, 9.17) is 9.72 Å². The summed E-state index contributed by atoms with van der Waals surface area (Å²) in [5, 5.41) is 2.22. The summed E-state index contributed by atoms with van der Waals surface area (Å²) < 4.78 is 9.37. The van der Waals surface area contributed by atoms with Crippen LogP contribution in [0, 0.1) is 26.2 Å². The standard InChI is InChI=1S/C75H77N4O.CH3.Pt/c1-49(2)60-30-22-23-31-61(60)50-38-56(44-59(39-50)80-58-34-35-63-62-32-24-25-33-66(62)79(67(63)45-58)70-43-53(36-37-76-70)71(3,4)5)77-48-78(69-47-65(73(9,10)11)64(46-68(69)77)72(6,7)8)57-41-54(74(12,13)51-26-18-16-19-27-51)40-55(42-57)75(14,15)52-28-20-17-21-29-52;;/h16-43,46-49H,1-15H3;1H3;/q-3;-1;+4. The van der Waals surface area contributed by atoms with E-state index in [1.54, 1.807) is 0 Å². The third kappa shape index (κ3) is 11.1. The van der Waals surface area contributed by atoms with Crippen LogP contribution < -0.4 is 14.5 Å². The van der Waals surface area contributed by atoms with Gasteiger partial charge in [-0.05, 0) is 120 Å². The molecule has 0 amide bonds. The fourth-order valence-corrected chi connectivity index (χ4v) is 11.8. The van der Waals surface area contributed by atoms with Crippen molar-refractivity contribution >= 4 is 44.6 Å². The fourth-order valence-electron chi connectivity index (χ4n) is 11.8. The summed E-state index contributed by atoms with van der Waals surface area (Å²) in [4.78, 5) is 9.74. The number of aromatic nitrogens is 2. The predicted octanol–water partition coefficient (Wildman–Crippen LogP) is 20.8. The first kappa shape index (κ1) is 59.4. The Balaban J connectivity index is 0.00000405. The summed E-state index contributed by atoms with van der Waals surface area (Å²) in [5.41, 5.74) is 17.5. The SMILES string of the molecule is CC(C)c1ccccc1-c1cc(Oc2[c-]c3c(cc2)c2ccccc2n3-c2cc(C(C)(C)C)ccn2)[c-]c(N2[CH-]N(c3cc(C(C)(C)c4ccccc4)cc(C(C)(C)c4ccccc4)c3)c3cc(C(C)(C)C)c(C(C)(C)C)cc32)c1.[CH3-].[Pt+4]. The zero-order chi connectivity index (χ0) is 56.7. The Bertz CT molecular complexity index is 3870. The number of ether oxygens (including phenoxy) is 1. The smallest absolute Gasteiger partial charge is 0.509 e. The monoisotopic (exact) mass is 1260 g/mol. The Morgan fingerprint density at radius 3 is 1.63 bits per heavy atom. The minimum Gasteiger partial charge on any atom is -0.509 e. The molecule has 0 unspecified atom stereocenters. The molecule has 10 aromatic rings. The van der Waals surface area contributed by atoms with E-state index >= 15 is 0 Å². The maximum atomic E-state index is 7.15. The number of fused-ring (bicyclic) bond motifs is 4. The molecule has 1 aliphatic heterocycles. The molecule has 0 N–H and O–H groups in total. The molecule has 6 heteroatoms. The molecule has 3 heterocycles. The van der Waals surface area contributed by atoms with E-state index in [9.17, 15) is 0 Å². The average Bonchev–Trinajstić information content (AvgIpc) is 3.93. The molecular formula is C76H80N4OPt. The number of anilines is 4. The number of rotatable bonds is 11. The molecule has 0 saturated heterocycles. The minimum absolute atomic E-state index is 0. The van der Waals surface area contributed by atoms with Gasteiger partial charge in [0.05, 0.1) is 0 Å². The maximum Gasteiger partial charge on any atom is 4.00 e. The molecule has 82 heavy (non-hydrogen) atoms. The van der Waals surface area contributed by atoms with E-state index < -0.39 is 0 Å². The number of hydrogen-bond acceptors (Lipinski definition) is 4. The normalized spacial score (nSPS) is 13.1. The van der Waals surface area contributed by atoms with Gasteiger partial charge in [-0.2, -0.15) is 6.07 Å². The molecule has 8 aromatic carbocycles. The van der Waals surface area contributed by atoms with Crippen molar-refractivity contribution in [2.24, 2.45) is 0 Å². The van der Waals surface area contributed by atoms with Gasteiger partial charge >= 0.3 is 21.1 Å². The van der Waals surface area contributed by atoms with Crippen molar-refractivity contribution in [3.8, 4) is 28.4 Å². The quantitative estimate of drug-likeness (QED) is 0.121. The maximum absolute atomic E-state index is 7.15. The van der Waals surface area contributed by atoms with E-state index in [2.05, 4.69) is 307 Å². The number of benzene rings is 8. The molecule has 0 bridgehead atoms. The molecule has 0 radical (unpaired) electrons. The van der Waals surface area contributed by atoms with Crippen molar-refractivity contribution in [1.82, 2.24) is 9.55 Å². The van der Waals surface area contributed by atoms with Crippen LogP contribution in [-0.4, -0.2) is 9.55 Å². The summed E-state index contributed by atoms with van der Waals surface area (Å²) in [5.74, 6) is 2.32. The van der Waals surface area contributed by atoms with E-state index in [1.165, 1.54) is 44.5 Å². The van der Waals surface area contributed by atoms with Crippen LogP contribution in [0.3, 0.4) is 0 Å². The molecule has 1 aliphatic rings. The minimum atomic E-state index is -0.312. The zero-order valence-corrected chi connectivity index (χ0v) is 53.3. The van der Waals surface area contributed by atoms with Crippen LogP contribution in [-0.2, 0) is 48.1 Å². The Morgan fingerprint density at radius 2 is 1.05 bits per heavy atom. The van der Waals surface area contributed by atoms with Crippen LogP contribution in [0.25, 0.3) is 38.8 Å². The molecule has 11 rings (SSSR count). The number of hydrogen-bond donors (Lipinski definition) is 0. The van der Waals surface area contributed by atoms with Gasteiger partial charge in [-0.1, -0.05) is 219 Å². The molecule has 0 fully saturated rings. The first-order chi connectivity index (χ1) is 37.9. The topological polar surface area (TPSA) is 33.5 Å². The number of pyridine rings is 1. The molecule has 420 valence electrons. The zero-order valence-electron chi connectivity index (χ0n) is 51.0. The van der Waals surface area contributed by atoms with Gasteiger partial charge in [0.25, 0.3) is 0 Å². The molecule has 0 spiro atoms. The van der Waals surface area contributed by atoms with Gasteiger partial charge in [0.15, 0.2) is 0 Å². The Kier molecular flexibility index (Phi) is 16.1. The summed E-state index contributed by atoms with van der Waals surface area (Å²) in [6, 6.07) is 72.0. The van der Waals surface area contributed by atoms with Gasteiger partial charge in [-0.25, -0.2) is 4.98 Å². The van der Waals surface area contributed by atoms with Crippen LogP contribution in [0.5, 0.6) is 11.5 Å². The van der Waals surface area contributed by atoms with Crippen LogP contribution >= 0.6 is 0 Å². The first-order valence-corrected chi connectivity index (χ1v) is 28.5. The van der Waals surface area contributed by atoms with Crippen molar-refractivity contribution in [1.29, 1.82) is 0 Å². The summed E-state index contributed by atoms with van der Waals surface area (Å²) >= 11 is 0. The van der Waals surface area contributed by atoms with Crippen molar-refractivity contribution < 1.29 is 25.8 Å². The number of para-hydroxylation sites is 1. The van der Waals surface area contributed by atoms with Crippen molar-refractivity contribution in [3.05, 3.63) is 253 Å². The van der Waals surface area contributed by atoms with Gasteiger partial charge in [0.2, 0.25) is 0 Å². The summed E-state index contributed by atoms with van der Waals surface area (Å²) in [6.45, 7) is 37.0. The molecule has 5 nitrogen and oxygen atoms in total. The van der Waals surface area contributed by atoms with Crippen molar-refractivity contribution in [3.63, 3.8) is 0 Å². The largest absolute Gasteiger partial charge is 4.00 e. The molecule has 2 aromatic heterocycles. The molecule has 0 aliphatic carbocycles. The van der Waals surface area contributed by atoms with Crippen molar-refractivity contribution in [2.45, 2.75) is 137 Å². The third-order valence-electron chi connectivity index (χ3n) is 16.7. The van der Waals surface area contributed by atoms with Gasteiger partial charge in [-0.15, -0.1) is 53.6 Å². The Labute approximate surface area is 504 Å². The van der Waals surface area contributed by atoms with Gasteiger partial charge < -0.3 is 26.5 Å². The van der Waals surface area contributed by atoms with Gasteiger partial charge in [-0.3, -0.25) is 0 Å². The van der Waals surface area contributed by atoms with Crippen LogP contribution in [0.4, 0.5) is 22.7 Å². The van der Waals surface area contributed by atoms with Crippen LogP contribution in [0.2, 0.25) is 0 Å². The predicted molar refractivity (Wildman–Crippen MR) is 343 cm³/mol. The van der Waals surface area contributed by atoms with E-state index in [1.807, 2.05) is 12.3 Å². The second-order valence-corrected chi connectivity index (χ2v) is 26.5. The molecular weight excluding hydrogens is 1180 g/mol. The van der Waals surface area contributed by atoms with Crippen molar-refractivity contribution in [2.75, 3.05) is 9.80 Å². The van der Waals surface area contributed by atoms with Crippen LogP contribution in [0.15, 0.2) is 182 Å².